The van der Waals surface area contributed by atoms with Crippen LogP contribution in [-0.4, -0.2) is 109 Å². The van der Waals surface area contributed by atoms with Crippen molar-refractivity contribution >= 4 is 41.2 Å². The predicted molar refractivity (Wildman–Crippen MR) is 161 cm³/mol. The largest absolute Gasteiger partial charge is 0.507 e. The number of hydrogen-bond acceptors (Lipinski definition) is 9. The zero-order valence-corrected chi connectivity index (χ0v) is 24.9. The molecule has 46 heavy (non-hydrogen) atoms. The molecule has 1 aliphatic rings. The van der Waals surface area contributed by atoms with Crippen LogP contribution < -0.4 is 0 Å². The van der Waals surface area contributed by atoms with Crippen molar-refractivity contribution in [1.29, 1.82) is 0 Å². The summed E-state index contributed by atoms with van der Waals surface area (Å²) >= 11 is 0. The summed E-state index contributed by atoms with van der Waals surface area (Å²) in [6, 6.07) is 9.02. The van der Waals surface area contributed by atoms with E-state index < -0.39 is 61.8 Å². The summed E-state index contributed by atoms with van der Waals surface area (Å²) in [6.07, 6.45) is 2.92. The molecule has 0 aliphatic heterocycles. The van der Waals surface area contributed by atoms with Crippen molar-refractivity contribution in [2.75, 3.05) is 32.7 Å². The monoisotopic (exact) mass is 636 g/mol. The van der Waals surface area contributed by atoms with Crippen LogP contribution in [0.3, 0.4) is 0 Å². The first-order valence-electron chi connectivity index (χ1n) is 13.7. The summed E-state index contributed by atoms with van der Waals surface area (Å²) in [5, 5.41) is 58.1. The van der Waals surface area contributed by atoms with Crippen molar-refractivity contribution in [3.63, 3.8) is 0 Å². The van der Waals surface area contributed by atoms with Crippen LogP contribution in [-0.2, 0) is 30.5 Å². The third-order valence-corrected chi connectivity index (χ3v) is 6.96. The number of rotatable bonds is 15. The topological polar surface area (TPSA) is 230 Å². The lowest BCUT2D eigenvalue weighted by molar-refractivity contribution is -0.143. The van der Waals surface area contributed by atoms with Crippen LogP contribution in [0.2, 0.25) is 0 Å². The first kappa shape index (κ1) is 34.9. The number of aromatic hydroxyl groups is 1. The van der Waals surface area contributed by atoms with Gasteiger partial charge in [-0.25, -0.2) is 4.79 Å². The van der Waals surface area contributed by atoms with E-state index in [1.165, 1.54) is 43.3 Å². The van der Waals surface area contributed by atoms with Gasteiger partial charge in [-0.15, -0.1) is 0 Å². The zero-order chi connectivity index (χ0) is 34.3. The lowest BCUT2D eigenvalue weighted by Crippen LogP contribution is -2.37. The maximum atomic E-state index is 13.2. The Morgan fingerprint density at radius 3 is 1.70 bits per heavy atom. The van der Waals surface area contributed by atoms with E-state index in [-0.39, 0.29) is 52.2 Å². The normalized spacial score (nSPS) is 14.1. The summed E-state index contributed by atoms with van der Waals surface area (Å²) in [5.74, 6) is -7.19. The lowest BCUT2D eigenvalue weighted by Gasteiger charge is -2.24. The minimum absolute atomic E-state index is 0.0487. The quantitative estimate of drug-likeness (QED) is 0.164. The number of carboxylic acid groups (broad SMARTS) is 5. The van der Waals surface area contributed by atoms with Gasteiger partial charge < -0.3 is 30.6 Å². The van der Waals surface area contributed by atoms with Crippen molar-refractivity contribution < 1.29 is 59.4 Å². The van der Waals surface area contributed by atoms with Crippen LogP contribution in [0.25, 0.3) is 5.57 Å². The van der Waals surface area contributed by atoms with Gasteiger partial charge in [-0.1, -0.05) is 18.2 Å². The Morgan fingerprint density at radius 2 is 1.20 bits per heavy atom. The number of ketones is 1. The Hall–Kier alpha value is -5.60. The third-order valence-electron chi connectivity index (χ3n) is 6.96. The molecule has 0 fully saturated rings. The van der Waals surface area contributed by atoms with Crippen molar-refractivity contribution in [2.24, 2.45) is 0 Å². The molecule has 2 aromatic rings. The van der Waals surface area contributed by atoms with Gasteiger partial charge in [-0.3, -0.25) is 33.8 Å². The fourth-order valence-corrected chi connectivity index (χ4v) is 5.17. The van der Waals surface area contributed by atoms with Gasteiger partial charge in [0.15, 0.2) is 5.78 Å². The molecule has 0 saturated heterocycles. The van der Waals surface area contributed by atoms with Gasteiger partial charge in [-0.05, 0) is 77.6 Å². The maximum Gasteiger partial charge on any atom is 0.336 e. The SMILES string of the molecule is CC1=C/C(=C(\c2cc(C)c(O)c(CN(CC(=O)O)CC(=O)O)c2)c2ccccc2C(=O)O)C=C(CN(CC(=O)O)CC(=O)O)C1=O. The first-order valence-corrected chi connectivity index (χ1v) is 13.7. The summed E-state index contributed by atoms with van der Waals surface area (Å²) in [4.78, 5) is 73.3. The second-order valence-corrected chi connectivity index (χ2v) is 10.7. The molecule has 0 radical (unpaired) electrons. The van der Waals surface area contributed by atoms with Crippen molar-refractivity contribution in [1.82, 2.24) is 9.80 Å². The van der Waals surface area contributed by atoms with E-state index in [0.717, 1.165) is 9.80 Å². The summed E-state index contributed by atoms with van der Waals surface area (Å²) in [6.45, 7) is -0.232. The van der Waals surface area contributed by atoms with Crippen LogP contribution >= 0.6 is 0 Å². The van der Waals surface area contributed by atoms with Gasteiger partial charge >= 0.3 is 29.8 Å². The number of aliphatic carboxylic acids is 4. The highest BCUT2D eigenvalue weighted by atomic mass is 16.4. The minimum atomic E-state index is -1.31. The number of carbonyl (C=O) groups excluding carboxylic acids is 1. The molecule has 6 N–H and O–H groups in total. The molecule has 0 heterocycles. The lowest BCUT2D eigenvalue weighted by atomic mass is 9.84. The number of aromatic carboxylic acids is 1. The number of nitrogens with zero attached hydrogens (tertiary/aromatic N) is 2. The van der Waals surface area contributed by atoms with Crippen LogP contribution in [0, 0.1) is 6.92 Å². The number of Topliss-reactive ketones (excluding diaryl/α,β-unsaturated/α-hetero) is 1. The molecule has 2 aromatic carbocycles. The molecule has 242 valence electrons. The molecule has 3 rings (SSSR count). The second kappa shape index (κ2) is 14.9. The predicted octanol–water partition coefficient (Wildman–Crippen LogP) is 2.10. The highest BCUT2D eigenvalue weighted by Gasteiger charge is 2.26. The van der Waals surface area contributed by atoms with Crippen LogP contribution in [0.1, 0.15) is 39.5 Å². The van der Waals surface area contributed by atoms with Gasteiger partial charge in [-0.2, -0.15) is 0 Å². The summed E-state index contributed by atoms with van der Waals surface area (Å²) in [5.41, 5.74) is 1.71. The van der Waals surface area contributed by atoms with Crippen LogP contribution in [0.5, 0.6) is 5.75 Å². The number of benzene rings is 2. The van der Waals surface area contributed by atoms with Gasteiger partial charge in [0, 0.05) is 24.2 Å². The fourth-order valence-electron chi connectivity index (χ4n) is 5.17. The van der Waals surface area contributed by atoms with E-state index in [1.54, 1.807) is 19.1 Å². The fraction of sp³-hybridized carbons (Fsp3) is 0.250. The molecular formula is C32H32N2O12. The molecule has 14 nitrogen and oxygen atoms in total. The highest BCUT2D eigenvalue weighted by Crippen LogP contribution is 2.37. The smallest absolute Gasteiger partial charge is 0.336 e. The first-order chi connectivity index (χ1) is 21.6. The second-order valence-electron chi connectivity index (χ2n) is 10.7. The molecular weight excluding hydrogens is 604 g/mol. The van der Waals surface area contributed by atoms with Crippen molar-refractivity contribution in [3.05, 3.63) is 93.1 Å². The maximum absolute atomic E-state index is 13.2. The van der Waals surface area contributed by atoms with E-state index in [0.29, 0.717) is 16.7 Å². The standard InChI is InChI=1S/C32H32N2O12/c1-17-7-19(9-21(30(17)43)11-33(13-25(35)36)14-26(37)38)29(23-5-3-4-6-24(23)32(45)46)20-8-18(2)31(44)22(10-20)12-34(15-27(39)40)16-28(41)42/h3-10,43H,11-16H2,1-2H3,(H,35,36)(H,37,38)(H,39,40)(H,41,42)(H,45,46)/b29-20-. The van der Waals surface area contributed by atoms with Crippen molar-refractivity contribution in [3.8, 4) is 5.75 Å². The Labute approximate surface area is 262 Å². The van der Waals surface area contributed by atoms with Crippen LogP contribution in [0.15, 0.2) is 65.3 Å². The highest BCUT2D eigenvalue weighted by molar-refractivity contribution is 6.11. The third kappa shape index (κ3) is 8.97. The number of allylic oxidation sites excluding steroid dienone is 4. The molecule has 0 atom stereocenters. The Balaban J connectivity index is 2.34. The molecule has 0 amide bonds. The average molecular weight is 637 g/mol. The molecule has 0 unspecified atom stereocenters. The number of phenols is 1. The van der Waals surface area contributed by atoms with Gasteiger partial charge in [0.1, 0.15) is 5.75 Å². The Morgan fingerprint density at radius 1 is 0.696 bits per heavy atom. The molecule has 0 bridgehead atoms. The van der Waals surface area contributed by atoms with Gasteiger partial charge in [0.25, 0.3) is 0 Å². The van der Waals surface area contributed by atoms with Crippen LogP contribution in [0.4, 0.5) is 0 Å². The molecule has 0 spiro atoms. The summed E-state index contributed by atoms with van der Waals surface area (Å²) in [7, 11) is 0. The molecule has 14 heteroatoms. The minimum Gasteiger partial charge on any atom is -0.507 e. The van der Waals surface area contributed by atoms with Gasteiger partial charge in [0.2, 0.25) is 0 Å². The van der Waals surface area contributed by atoms with Gasteiger partial charge in [0.05, 0.1) is 31.7 Å². The molecule has 0 saturated carbocycles. The van der Waals surface area contributed by atoms with Crippen molar-refractivity contribution in [2.45, 2.75) is 20.4 Å². The average Bonchev–Trinajstić information content (AvgIpc) is 2.93. The van der Waals surface area contributed by atoms with E-state index in [1.807, 2.05) is 0 Å². The number of hydrogen-bond donors (Lipinski definition) is 6. The van der Waals surface area contributed by atoms with E-state index in [9.17, 15) is 59.4 Å². The number of carbonyl (C=O) groups is 6. The van der Waals surface area contributed by atoms with E-state index in [2.05, 4.69) is 0 Å². The number of carboxylic acids is 5. The summed E-state index contributed by atoms with van der Waals surface area (Å²) < 4.78 is 0. The molecule has 0 aromatic heterocycles. The van der Waals surface area contributed by atoms with E-state index >= 15 is 0 Å². The van der Waals surface area contributed by atoms with E-state index in [4.69, 9.17) is 0 Å². The molecule has 1 aliphatic carbocycles. The Bertz CT molecular complexity index is 1670. The Kier molecular flexibility index (Phi) is 11.3. The number of aryl methyl sites for hydroxylation is 1. The number of phenolic OH excluding ortho intramolecular Hbond substituents is 1. The zero-order valence-electron chi connectivity index (χ0n) is 24.9.